The molecule has 1 aliphatic rings. The van der Waals surface area contributed by atoms with E-state index >= 15 is 0 Å². The fourth-order valence-electron chi connectivity index (χ4n) is 5.99. The summed E-state index contributed by atoms with van der Waals surface area (Å²) in [5.41, 5.74) is 7.35. The number of aliphatic hydroxyl groups is 1. The van der Waals surface area contributed by atoms with Gasteiger partial charge in [0.1, 0.15) is 35.2 Å². The minimum Gasteiger partial charge on any atom is -0.395 e. The van der Waals surface area contributed by atoms with E-state index in [-0.39, 0.29) is 24.3 Å². The molecule has 0 radical (unpaired) electrons. The van der Waals surface area contributed by atoms with Crippen molar-refractivity contribution in [1.82, 2.24) is 48.3 Å². The van der Waals surface area contributed by atoms with Crippen molar-refractivity contribution in [3.63, 3.8) is 0 Å². The molecule has 1 fully saturated rings. The minimum absolute atomic E-state index is 0.0665. The Labute approximate surface area is 299 Å². The number of halogens is 2. The van der Waals surface area contributed by atoms with Gasteiger partial charge in [-0.05, 0) is 72.8 Å². The number of aliphatic hydroxyl groups excluding tert-OH is 1. The number of nitriles is 2. The average Bonchev–Trinajstić information content (AvgIpc) is 3.96. The number of ether oxygens (including phenoxy) is 1. The summed E-state index contributed by atoms with van der Waals surface area (Å²) < 4.78 is 38.7. The zero-order valence-electron chi connectivity index (χ0n) is 27.6. The average molecular weight is 709 g/mol. The molecule has 1 N–H and O–H groups in total. The highest BCUT2D eigenvalue weighted by molar-refractivity contribution is 5.78. The third-order valence-electron chi connectivity index (χ3n) is 8.66. The lowest BCUT2D eigenvalue weighted by molar-refractivity contribution is -0.0226. The Kier molecular flexibility index (Phi) is 8.65. The second-order valence-electron chi connectivity index (χ2n) is 11.9. The third-order valence-corrected chi connectivity index (χ3v) is 8.66. The maximum absolute atomic E-state index is 13.4. The van der Waals surface area contributed by atoms with Crippen LogP contribution < -0.4 is 0 Å². The fraction of sp³-hybridized carbons (Fsp3) is 0.135. The molecule has 6 aromatic heterocycles. The van der Waals surface area contributed by atoms with E-state index in [9.17, 15) is 24.4 Å². The number of hydrogen-bond acceptors (Lipinski definition) is 10. The van der Waals surface area contributed by atoms with Gasteiger partial charge in [-0.1, -0.05) is 0 Å². The summed E-state index contributed by atoms with van der Waals surface area (Å²) in [4.78, 5) is 17.3. The first-order chi connectivity index (χ1) is 25.9. The first-order valence-corrected chi connectivity index (χ1v) is 16.3. The van der Waals surface area contributed by atoms with E-state index in [1.54, 1.807) is 53.6 Å². The van der Waals surface area contributed by atoms with Gasteiger partial charge in [0.25, 0.3) is 0 Å². The number of nitrogens with zero attached hydrogens (tertiary/aromatic N) is 12. The van der Waals surface area contributed by atoms with Gasteiger partial charge < -0.3 is 19.0 Å². The quantitative estimate of drug-likeness (QED) is 0.235. The van der Waals surface area contributed by atoms with E-state index < -0.39 is 0 Å². The molecule has 260 valence electrons. The van der Waals surface area contributed by atoms with Crippen LogP contribution in [-0.2, 0) is 11.3 Å². The molecule has 1 aliphatic heterocycles. The summed E-state index contributed by atoms with van der Waals surface area (Å²) in [5.74, 6) is -0.634. The standard InChI is InChI=1S/C19H13FN6O.C18H13FN6O/c20-13-3-1-12(2-4-13)18-19(25(11-23-18)15-9-27-10-15)16-5-6-17-22-8-14(7-21)26(17)24-16;19-13-3-1-12(2-4-13)17-18(24(7-8-26)11-22-17)15-5-6-16-21-10-14(9-20)25(16)23-15/h1-6,8,11,15H,9-10H2;1-6,10-11,26H,7-8H2. The second-order valence-corrected chi connectivity index (χ2v) is 11.9. The lowest BCUT2D eigenvalue weighted by atomic mass is 10.1. The maximum Gasteiger partial charge on any atom is 0.162 e. The molecule has 0 saturated carbocycles. The molecule has 1 saturated heterocycles. The molecule has 14 nitrogen and oxygen atoms in total. The number of benzene rings is 2. The van der Waals surface area contributed by atoms with Crippen LogP contribution in [0.25, 0.3) is 56.6 Å². The largest absolute Gasteiger partial charge is 0.395 e. The molecule has 16 heteroatoms. The van der Waals surface area contributed by atoms with Crippen LogP contribution >= 0.6 is 0 Å². The molecule has 0 amide bonds. The molecular formula is C37H26F2N12O2. The van der Waals surface area contributed by atoms with Gasteiger partial charge in [-0.2, -0.15) is 20.7 Å². The first kappa shape index (κ1) is 33.0. The van der Waals surface area contributed by atoms with E-state index in [4.69, 9.17) is 4.74 Å². The molecule has 9 rings (SSSR count). The monoisotopic (exact) mass is 708 g/mol. The molecule has 0 unspecified atom stereocenters. The Balaban J connectivity index is 0.000000151. The molecular weight excluding hydrogens is 682 g/mol. The van der Waals surface area contributed by atoms with Gasteiger partial charge in [0.15, 0.2) is 22.7 Å². The van der Waals surface area contributed by atoms with Gasteiger partial charge in [-0.3, -0.25) is 0 Å². The molecule has 8 aromatic rings. The summed E-state index contributed by atoms with van der Waals surface area (Å²) in [6.07, 6.45) is 6.31. The van der Waals surface area contributed by atoms with Crippen molar-refractivity contribution < 1.29 is 18.6 Å². The molecule has 0 spiro atoms. The molecule has 7 heterocycles. The van der Waals surface area contributed by atoms with Crippen LogP contribution in [0.3, 0.4) is 0 Å². The number of hydrogen-bond donors (Lipinski definition) is 1. The topological polar surface area (TPSA) is 173 Å². The summed E-state index contributed by atoms with van der Waals surface area (Å²) in [5, 5.41) is 37.0. The van der Waals surface area contributed by atoms with Crippen molar-refractivity contribution in [2.75, 3.05) is 19.8 Å². The van der Waals surface area contributed by atoms with Gasteiger partial charge in [-0.15, -0.1) is 0 Å². The molecule has 0 aliphatic carbocycles. The summed E-state index contributed by atoms with van der Waals surface area (Å²) in [7, 11) is 0. The van der Waals surface area contributed by atoms with Crippen molar-refractivity contribution in [1.29, 1.82) is 10.5 Å². The third kappa shape index (κ3) is 6.14. The summed E-state index contributed by atoms with van der Waals surface area (Å²) >= 11 is 0. The van der Waals surface area contributed by atoms with E-state index in [0.717, 1.165) is 16.8 Å². The van der Waals surface area contributed by atoms with E-state index in [0.29, 0.717) is 70.9 Å². The van der Waals surface area contributed by atoms with Crippen molar-refractivity contribution in [2.24, 2.45) is 0 Å². The van der Waals surface area contributed by atoms with E-state index in [1.807, 2.05) is 22.8 Å². The lowest BCUT2D eigenvalue weighted by Crippen LogP contribution is -2.30. The van der Waals surface area contributed by atoms with Gasteiger partial charge in [0.2, 0.25) is 0 Å². The minimum atomic E-state index is -0.332. The summed E-state index contributed by atoms with van der Waals surface area (Å²) in [6.45, 7) is 1.47. The Morgan fingerprint density at radius 1 is 0.679 bits per heavy atom. The highest BCUT2D eigenvalue weighted by atomic mass is 19.1. The number of aromatic nitrogens is 10. The van der Waals surface area contributed by atoms with E-state index in [1.165, 1.54) is 45.7 Å². The second kappa shape index (κ2) is 13.9. The molecule has 53 heavy (non-hydrogen) atoms. The Hall–Kier alpha value is -7.14. The Bertz CT molecular complexity index is 2680. The zero-order valence-corrected chi connectivity index (χ0v) is 27.6. The van der Waals surface area contributed by atoms with Gasteiger partial charge in [-0.25, -0.2) is 37.7 Å². The Morgan fingerprint density at radius 2 is 1.19 bits per heavy atom. The molecule has 0 bridgehead atoms. The maximum atomic E-state index is 13.4. The van der Waals surface area contributed by atoms with Crippen LogP contribution in [-0.4, -0.2) is 73.2 Å². The smallest absolute Gasteiger partial charge is 0.162 e. The van der Waals surface area contributed by atoms with Gasteiger partial charge in [0.05, 0.1) is 73.7 Å². The molecule has 0 atom stereocenters. The fourth-order valence-corrected chi connectivity index (χ4v) is 5.99. The predicted octanol–water partition coefficient (Wildman–Crippen LogP) is 5.10. The first-order valence-electron chi connectivity index (χ1n) is 16.3. The summed E-state index contributed by atoms with van der Waals surface area (Å²) in [6, 6.07) is 23.7. The van der Waals surface area contributed by atoms with Crippen LogP contribution in [0.4, 0.5) is 8.78 Å². The SMILES string of the molecule is N#Cc1cnc2ccc(-c3c(-c4ccc(F)cc4)ncn3C3COC3)nn12.N#Cc1cnc2ccc(-c3c(-c4ccc(F)cc4)ncn3CCO)nn12. The van der Waals surface area contributed by atoms with Crippen molar-refractivity contribution in [3.05, 3.63) is 121 Å². The van der Waals surface area contributed by atoms with Crippen LogP contribution in [0.5, 0.6) is 0 Å². The number of imidazole rings is 4. The van der Waals surface area contributed by atoms with E-state index in [2.05, 4.69) is 36.2 Å². The van der Waals surface area contributed by atoms with Crippen molar-refractivity contribution >= 4 is 11.3 Å². The van der Waals surface area contributed by atoms with Crippen LogP contribution in [0, 0.1) is 34.3 Å². The highest BCUT2D eigenvalue weighted by Gasteiger charge is 2.27. The van der Waals surface area contributed by atoms with Crippen molar-refractivity contribution in [2.45, 2.75) is 12.6 Å². The predicted molar refractivity (Wildman–Crippen MR) is 186 cm³/mol. The Morgan fingerprint density at radius 3 is 1.68 bits per heavy atom. The zero-order chi connectivity index (χ0) is 36.5. The van der Waals surface area contributed by atoms with Crippen LogP contribution in [0.2, 0.25) is 0 Å². The highest BCUT2D eigenvalue weighted by Crippen LogP contribution is 2.35. The van der Waals surface area contributed by atoms with Gasteiger partial charge in [0, 0.05) is 17.7 Å². The molecule has 2 aromatic carbocycles. The number of fused-ring (bicyclic) bond motifs is 2. The van der Waals surface area contributed by atoms with Crippen LogP contribution in [0.1, 0.15) is 17.4 Å². The van der Waals surface area contributed by atoms with Crippen molar-refractivity contribution in [3.8, 4) is 57.4 Å². The number of rotatable bonds is 7. The van der Waals surface area contributed by atoms with Crippen LogP contribution in [0.15, 0.2) is 97.8 Å². The van der Waals surface area contributed by atoms with Gasteiger partial charge >= 0.3 is 0 Å². The normalized spacial score (nSPS) is 12.6. The lowest BCUT2D eigenvalue weighted by Gasteiger charge is -2.28.